The van der Waals surface area contributed by atoms with Crippen LogP contribution in [-0.2, 0) is 0 Å². The maximum atomic E-state index is 2.53. The van der Waals surface area contributed by atoms with E-state index < -0.39 is 19.8 Å². The van der Waals surface area contributed by atoms with Crippen LogP contribution >= 0.6 is 19.8 Å². The van der Waals surface area contributed by atoms with Crippen molar-refractivity contribution in [2.24, 2.45) is 5.92 Å². The zero-order valence-corrected chi connectivity index (χ0v) is 10.2. The molecular weight excluding hydrogens is 247 g/mol. The van der Waals surface area contributed by atoms with E-state index in [1.807, 2.05) is 0 Å². The van der Waals surface area contributed by atoms with E-state index >= 15 is 0 Å². The van der Waals surface area contributed by atoms with E-state index in [0.717, 1.165) is 5.92 Å². The second-order valence-electron chi connectivity index (χ2n) is 3.84. The summed E-state index contributed by atoms with van der Waals surface area (Å²) in [6.07, 6.45) is 7.63. The average Bonchev–Trinajstić information content (AvgIpc) is 2.05. The van der Waals surface area contributed by atoms with Gasteiger partial charge < -0.3 is 0 Å². The summed E-state index contributed by atoms with van der Waals surface area (Å²) in [5.74, 6) is 1.09. The molecule has 0 spiro atoms. The molecule has 0 aromatic carbocycles. The second-order valence-corrected chi connectivity index (χ2v) is 10.3. The van der Waals surface area contributed by atoms with Crippen LogP contribution < -0.4 is 0 Å². The molecule has 0 heterocycles. The molecule has 11 heavy (non-hydrogen) atoms. The van der Waals surface area contributed by atoms with Gasteiger partial charge in [-0.05, 0) is 0 Å². The Morgan fingerprint density at radius 3 is 2.00 bits per heavy atom. The third-order valence-corrected chi connectivity index (χ3v) is 7.74. The van der Waals surface area contributed by atoms with Crippen LogP contribution in [0.4, 0.5) is 0 Å². The third-order valence-electron chi connectivity index (χ3n) is 2.97. The van der Waals surface area contributed by atoms with Crippen molar-refractivity contribution in [3.8, 4) is 0 Å². The van der Waals surface area contributed by atoms with Crippen molar-refractivity contribution in [1.29, 1.82) is 0 Å². The van der Waals surface area contributed by atoms with Gasteiger partial charge in [0.1, 0.15) is 0 Å². The molecule has 1 heteroatoms. The van der Waals surface area contributed by atoms with Gasteiger partial charge in [-0.1, -0.05) is 0 Å². The molecule has 1 saturated carbocycles. The zero-order valence-electron chi connectivity index (χ0n) is 8.07. The number of halogens is 1. The Kier molecular flexibility index (Phi) is 4.18. The SMILES string of the molecule is CCC1CCC(I(C)C)CC1. The first kappa shape index (κ1) is 9.82. The molecule has 0 saturated heterocycles. The first-order valence-corrected chi connectivity index (χ1v) is 10.3. The van der Waals surface area contributed by atoms with Crippen LogP contribution in [0.25, 0.3) is 0 Å². The molecule has 1 aliphatic carbocycles. The molecule has 0 bridgehead atoms. The van der Waals surface area contributed by atoms with Gasteiger partial charge >= 0.3 is 78.6 Å². The van der Waals surface area contributed by atoms with Crippen molar-refractivity contribution >= 4 is 19.8 Å². The summed E-state index contributed by atoms with van der Waals surface area (Å²) in [4.78, 5) is 5.06. The van der Waals surface area contributed by atoms with Crippen LogP contribution in [0.5, 0.6) is 0 Å². The molecule has 0 unspecified atom stereocenters. The Labute approximate surface area is 78.5 Å². The van der Waals surface area contributed by atoms with E-state index in [1.165, 1.54) is 23.2 Å². The summed E-state index contributed by atoms with van der Waals surface area (Å²) in [6.45, 7) is 2.35. The fourth-order valence-corrected chi connectivity index (χ4v) is 5.18. The Morgan fingerprint density at radius 1 is 1.09 bits per heavy atom. The predicted molar refractivity (Wildman–Crippen MR) is 61.9 cm³/mol. The fourth-order valence-electron chi connectivity index (χ4n) is 1.97. The Balaban J connectivity index is 2.24. The number of rotatable bonds is 2. The van der Waals surface area contributed by atoms with Crippen molar-refractivity contribution in [2.75, 3.05) is 9.86 Å². The van der Waals surface area contributed by atoms with Crippen LogP contribution in [0, 0.1) is 5.92 Å². The van der Waals surface area contributed by atoms with Gasteiger partial charge in [-0.15, -0.1) is 0 Å². The van der Waals surface area contributed by atoms with Crippen LogP contribution in [0.2, 0.25) is 0 Å². The molecule has 0 aromatic heterocycles. The quantitative estimate of drug-likeness (QED) is 0.529. The molecule has 0 nitrogen and oxygen atoms in total. The van der Waals surface area contributed by atoms with Gasteiger partial charge in [-0.25, -0.2) is 0 Å². The first-order chi connectivity index (χ1) is 5.24. The Bertz CT molecular complexity index is 101. The van der Waals surface area contributed by atoms with E-state index in [4.69, 9.17) is 0 Å². The fraction of sp³-hybridized carbons (Fsp3) is 1.00. The molecule has 1 rings (SSSR count). The Hall–Kier alpha value is 0.730. The van der Waals surface area contributed by atoms with Crippen LogP contribution in [-0.4, -0.2) is 13.8 Å². The number of hydrogen-bond donors (Lipinski definition) is 0. The summed E-state index contributed by atoms with van der Waals surface area (Å²) < 4.78 is 1.20. The number of hydrogen-bond acceptors (Lipinski definition) is 0. The number of alkyl halides is 3. The van der Waals surface area contributed by atoms with E-state index in [1.54, 1.807) is 12.8 Å². The molecule has 1 fully saturated rings. The van der Waals surface area contributed by atoms with Crippen LogP contribution in [0.15, 0.2) is 0 Å². The van der Waals surface area contributed by atoms with Crippen LogP contribution in [0.1, 0.15) is 39.0 Å². The van der Waals surface area contributed by atoms with Gasteiger partial charge in [0.05, 0.1) is 0 Å². The van der Waals surface area contributed by atoms with Crippen LogP contribution in [0.3, 0.4) is 0 Å². The van der Waals surface area contributed by atoms with Gasteiger partial charge in [0.15, 0.2) is 0 Å². The van der Waals surface area contributed by atoms with E-state index in [-0.39, 0.29) is 0 Å². The van der Waals surface area contributed by atoms with E-state index in [0.29, 0.717) is 0 Å². The monoisotopic (exact) mass is 268 g/mol. The summed E-state index contributed by atoms with van der Waals surface area (Å²) in [5.41, 5.74) is 0. The zero-order chi connectivity index (χ0) is 8.27. The molecular formula is C10H21I. The first-order valence-electron chi connectivity index (χ1n) is 4.72. The van der Waals surface area contributed by atoms with E-state index in [9.17, 15) is 0 Å². The van der Waals surface area contributed by atoms with Crippen molar-refractivity contribution < 1.29 is 0 Å². The Morgan fingerprint density at radius 2 is 1.64 bits per heavy atom. The maximum absolute atomic E-state index is 2.53. The molecule has 0 atom stereocenters. The molecule has 0 radical (unpaired) electrons. The summed E-state index contributed by atoms with van der Waals surface area (Å²) in [5, 5.41) is 0. The molecule has 1 aliphatic rings. The van der Waals surface area contributed by atoms with Crippen molar-refractivity contribution in [3.63, 3.8) is 0 Å². The van der Waals surface area contributed by atoms with Crippen molar-refractivity contribution in [1.82, 2.24) is 0 Å². The standard InChI is InChI=1S/C10H21I/c1-4-9-5-7-10(8-6-9)11(2)3/h9-10H,4-8H2,1-3H3. The van der Waals surface area contributed by atoms with Gasteiger partial charge in [0.25, 0.3) is 0 Å². The minimum atomic E-state index is -0.446. The predicted octanol–water partition coefficient (Wildman–Crippen LogP) is 3.72. The summed E-state index contributed by atoms with van der Waals surface area (Å²) >= 11 is -0.446. The van der Waals surface area contributed by atoms with Gasteiger partial charge in [0.2, 0.25) is 0 Å². The van der Waals surface area contributed by atoms with Crippen molar-refractivity contribution in [3.05, 3.63) is 0 Å². The topological polar surface area (TPSA) is 0 Å². The molecule has 68 valence electrons. The molecule has 0 aromatic rings. The average molecular weight is 268 g/mol. The summed E-state index contributed by atoms with van der Waals surface area (Å²) in [7, 11) is 0. The molecule has 0 N–H and O–H groups in total. The van der Waals surface area contributed by atoms with Crippen molar-refractivity contribution in [2.45, 2.75) is 43.0 Å². The minimum absolute atomic E-state index is 0.446. The van der Waals surface area contributed by atoms with E-state index in [2.05, 4.69) is 16.8 Å². The normalized spacial score (nSPS) is 33.5. The van der Waals surface area contributed by atoms with Gasteiger partial charge in [-0.3, -0.25) is 0 Å². The van der Waals surface area contributed by atoms with Gasteiger partial charge in [0, 0.05) is 0 Å². The molecule has 0 aliphatic heterocycles. The van der Waals surface area contributed by atoms with Gasteiger partial charge in [-0.2, -0.15) is 0 Å². The second kappa shape index (κ2) is 4.68. The summed E-state index contributed by atoms with van der Waals surface area (Å²) in [6, 6.07) is 0. The third kappa shape index (κ3) is 2.92. The molecule has 0 amide bonds.